The van der Waals surface area contributed by atoms with Gasteiger partial charge in [-0.3, -0.25) is 5.32 Å². The van der Waals surface area contributed by atoms with Crippen LogP contribution in [0, 0.1) is 13.8 Å². The van der Waals surface area contributed by atoms with E-state index in [2.05, 4.69) is 31.5 Å². The van der Waals surface area contributed by atoms with E-state index >= 15 is 0 Å². The summed E-state index contributed by atoms with van der Waals surface area (Å²) in [7, 11) is 0. The number of carbonyl (C=O) groups excluding carboxylic acids is 1. The van der Waals surface area contributed by atoms with E-state index in [1.807, 2.05) is 0 Å². The number of aromatic carboxylic acids is 1. The van der Waals surface area contributed by atoms with Crippen molar-refractivity contribution in [2.75, 3.05) is 10.6 Å². The van der Waals surface area contributed by atoms with Gasteiger partial charge in [0.25, 0.3) is 0 Å². The third-order valence-corrected chi connectivity index (χ3v) is 4.25. The van der Waals surface area contributed by atoms with Gasteiger partial charge < -0.3 is 10.4 Å². The number of urea groups is 1. The summed E-state index contributed by atoms with van der Waals surface area (Å²) >= 11 is 4.53. The molecule has 110 valence electrons. The Bertz CT molecular complexity index is 715. The zero-order valence-electron chi connectivity index (χ0n) is 11.2. The van der Waals surface area contributed by atoms with Crippen LogP contribution in [0.5, 0.6) is 0 Å². The van der Waals surface area contributed by atoms with Crippen molar-refractivity contribution in [3.05, 3.63) is 38.8 Å². The number of benzene rings is 1. The predicted octanol–water partition coefficient (Wildman–Crippen LogP) is 3.86. The average Bonchev–Trinajstić information content (AvgIpc) is 2.78. The number of thiazole rings is 1. The first-order valence-corrected chi connectivity index (χ1v) is 7.51. The number of nitrogens with one attached hydrogen (secondary N) is 2. The number of carboxylic acids is 1. The van der Waals surface area contributed by atoms with Crippen molar-refractivity contribution >= 4 is 50.1 Å². The standard InChI is InChI=1S/C13H12BrN3O3S/c1-6-3-8(4-9(7(6)2)11(18)19)16-12(20)17-13-15-5-10(14)21-13/h3-5H,1-2H3,(H,18,19)(H2,15,16,17,20). The van der Waals surface area contributed by atoms with E-state index < -0.39 is 12.0 Å². The van der Waals surface area contributed by atoms with E-state index in [0.717, 1.165) is 9.35 Å². The van der Waals surface area contributed by atoms with Crippen molar-refractivity contribution in [1.29, 1.82) is 0 Å². The van der Waals surface area contributed by atoms with Gasteiger partial charge in [0.1, 0.15) is 0 Å². The summed E-state index contributed by atoms with van der Waals surface area (Å²) in [5.41, 5.74) is 2.06. The van der Waals surface area contributed by atoms with E-state index in [-0.39, 0.29) is 5.56 Å². The normalized spacial score (nSPS) is 10.2. The van der Waals surface area contributed by atoms with Crippen LogP contribution in [0.15, 0.2) is 22.1 Å². The van der Waals surface area contributed by atoms with Gasteiger partial charge in [-0.1, -0.05) is 11.3 Å². The Morgan fingerprint density at radius 1 is 1.29 bits per heavy atom. The number of aromatic nitrogens is 1. The molecule has 1 aromatic heterocycles. The van der Waals surface area contributed by atoms with E-state index in [0.29, 0.717) is 16.4 Å². The molecule has 8 heteroatoms. The minimum absolute atomic E-state index is 0.169. The van der Waals surface area contributed by atoms with E-state index in [4.69, 9.17) is 5.11 Å². The highest BCUT2D eigenvalue weighted by Gasteiger charge is 2.13. The summed E-state index contributed by atoms with van der Waals surface area (Å²) in [6, 6.07) is 2.68. The Labute approximate surface area is 133 Å². The van der Waals surface area contributed by atoms with Crippen molar-refractivity contribution in [2.24, 2.45) is 0 Å². The fraction of sp³-hybridized carbons (Fsp3) is 0.154. The molecule has 1 aromatic carbocycles. The Hall–Kier alpha value is -1.93. The molecule has 2 amide bonds. The first-order valence-electron chi connectivity index (χ1n) is 5.90. The van der Waals surface area contributed by atoms with Gasteiger partial charge in [-0.2, -0.15) is 0 Å². The molecule has 2 aromatic rings. The minimum Gasteiger partial charge on any atom is -0.478 e. The summed E-state index contributed by atoms with van der Waals surface area (Å²) in [5.74, 6) is -1.02. The van der Waals surface area contributed by atoms with Crippen LogP contribution in [0.3, 0.4) is 0 Å². The molecule has 0 atom stereocenters. The van der Waals surface area contributed by atoms with Crippen LogP contribution < -0.4 is 10.6 Å². The number of hydrogen-bond donors (Lipinski definition) is 3. The predicted molar refractivity (Wildman–Crippen MR) is 85.3 cm³/mol. The number of hydrogen-bond acceptors (Lipinski definition) is 4. The van der Waals surface area contributed by atoms with E-state index in [1.165, 1.54) is 17.4 Å². The van der Waals surface area contributed by atoms with Crippen LogP contribution >= 0.6 is 27.3 Å². The maximum absolute atomic E-state index is 11.9. The topological polar surface area (TPSA) is 91.3 Å². The molecule has 0 aliphatic heterocycles. The summed E-state index contributed by atoms with van der Waals surface area (Å²) in [4.78, 5) is 27.0. The van der Waals surface area contributed by atoms with Gasteiger partial charge in [0, 0.05) is 5.69 Å². The molecule has 0 spiro atoms. The van der Waals surface area contributed by atoms with E-state index in [9.17, 15) is 9.59 Å². The highest BCUT2D eigenvalue weighted by molar-refractivity contribution is 9.11. The van der Waals surface area contributed by atoms with Gasteiger partial charge in [0.05, 0.1) is 15.5 Å². The fourth-order valence-corrected chi connectivity index (χ4v) is 2.83. The lowest BCUT2D eigenvalue weighted by atomic mass is 10.0. The Balaban J connectivity index is 2.15. The Morgan fingerprint density at radius 3 is 2.57 bits per heavy atom. The zero-order chi connectivity index (χ0) is 15.6. The van der Waals surface area contributed by atoms with Crippen molar-refractivity contribution in [3.63, 3.8) is 0 Å². The van der Waals surface area contributed by atoms with Crippen LogP contribution in [0.1, 0.15) is 21.5 Å². The summed E-state index contributed by atoms with van der Waals surface area (Å²) in [6.07, 6.45) is 1.58. The lowest BCUT2D eigenvalue weighted by molar-refractivity contribution is 0.0696. The maximum Gasteiger partial charge on any atom is 0.336 e. The van der Waals surface area contributed by atoms with Gasteiger partial charge in [-0.15, -0.1) is 0 Å². The molecule has 0 saturated heterocycles. The summed E-state index contributed by atoms with van der Waals surface area (Å²) < 4.78 is 0.803. The lowest BCUT2D eigenvalue weighted by Crippen LogP contribution is -2.19. The molecule has 0 unspecified atom stereocenters. The molecule has 0 fully saturated rings. The molecular formula is C13H12BrN3O3S. The number of rotatable bonds is 3. The number of halogens is 1. The molecule has 0 radical (unpaired) electrons. The van der Waals surface area contributed by atoms with Crippen molar-refractivity contribution in [1.82, 2.24) is 4.98 Å². The Morgan fingerprint density at radius 2 is 2.00 bits per heavy atom. The third kappa shape index (κ3) is 3.79. The zero-order valence-corrected chi connectivity index (χ0v) is 13.6. The van der Waals surface area contributed by atoms with Crippen LogP contribution in [-0.2, 0) is 0 Å². The monoisotopic (exact) mass is 369 g/mol. The molecule has 1 heterocycles. The van der Waals surface area contributed by atoms with Crippen molar-refractivity contribution < 1.29 is 14.7 Å². The van der Waals surface area contributed by atoms with Gasteiger partial charge in [-0.25, -0.2) is 14.6 Å². The lowest BCUT2D eigenvalue weighted by Gasteiger charge is -2.10. The smallest absolute Gasteiger partial charge is 0.336 e. The highest BCUT2D eigenvalue weighted by Crippen LogP contribution is 2.24. The number of nitrogens with zero attached hydrogens (tertiary/aromatic N) is 1. The van der Waals surface area contributed by atoms with E-state index in [1.54, 1.807) is 26.1 Å². The molecule has 0 aliphatic carbocycles. The number of amides is 2. The van der Waals surface area contributed by atoms with Crippen molar-refractivity contribution in [3.8, 4) is 0 Å². The van der Waals surface area contributed by atoms with Gasteiger partial charge in [0.15, 0.2) is 5.13 Å². The maximum atomic E-state index is 11.9. The molecule has 2 rings (SSSR count). The Kier molecular flexibility index (Phi) is 4.59. The second-order valence-electron chi connectivity index (χ2n) is 4.32. The molecule has 0 aliphatic rings. The molecular weight excluding hydrogens is 358 g/mol. The second-order valence-corrected chi connectivity index (χ2v) is 6.73. The van der Waals surface area contributed by atoms with Crippen LogP contribution in [0.4, 0.5) is 15.6 Å². The van der Waals surface area contributed by atoms with Crippen molar-refractivity contribution in [2.45, 2.75) is 13.8 Å². The minimum atomic E-state index is -1.02. The number of carboxylic acid groups (broad SMARTS) is 1. The van der Waals surface area contributed by atoms with Gasteiger partial charge in [0.2, 0.25) is 0 Å². The average molecular weight is 370 g/mol. The third-order valence-electron chi connectivity index (χ3n) is 2.85. The summed E-state index contributed by atoms with van der Waals surface area (Å²) in [5, 5.41) is 14.8. The number of carbonyl (C=O) groups is 2. The van der Waals surface area contributed by atoms with Crippen LogP contribution in [0.25, 0.3) is 0 Å². The SMILES string of the molecule is Cc1cc(NC(=O)Nc2ncc(Br)s2)cc(C(=O)O)c1C. The first kappa shape index (κ1) is 15.5. The van der Waals surface area contributed by atoms with Crippen LogP contribution in [-0.4, -0.2) is 22.1 Å². The molecule has 3 N–H and O–H groups in total. The molecule has 0 bridgehead atoms. The quantitative estimate of drug-likeness (QED) is 0.765. The van der Waals surface area contributed by atoms with Gasteiger partial charge in [-0.05, 0) is 53.0 Å². The number of aryl methyl sites for hydroxylation is 1. The largest absolute Gasteiger partial charge is 0.478 e. The number of anilines is 2. The first-order chi connectivity index (χ1) is 9.86. The van der Waals surface area contributed by atoms with Crippen LogP contribution in [0.2, 0.25) is 0 Å². The molecule has 21 heavy (non-hydrogen) atoms. The fourth-order valence-electron chi connectivity index (χ4n) is 1.73. The second kappa shape index (κ2) is 6.23. The highest BCUT2D eigenvalue weighted by atomic mass is 79.9. The molecule has 0 saturated carbocycles. The summed E-state index contributed by atoms with van der Waals surface area (Å²) in [6.45, 7) is 3.53. The van der Waals surface area contributed by atoms with Gasteiger partial charge >= 0.3 is 12.0 Å². The molecule has 6 nitrogen and oxygen atoms in total.